The van der Waals surface area contributed by atoms with Gasteiger partial charge in [0.15, 0.2) is 0 Å². The molecule has 0 radical (unpaired) electrons. The summed E-state index contributed by atoms with van der Waals surface area (Å²) < 4.78 is 35.0. The number of ether oxygens (including phenoxy) is 3. The van der Waals surface area contributed by atoms with Crippen molar-refractivity contribution in [3.63, 3.8) is 0 Å². The number of halogens is 1. The highest BCUT2D eigenvalue weighted by molar-refractivity contribution is 5.62. The molecule has 0 amide bonds. The average molecular weight is 930 g/mol. The van der Waals surface area contributed by atoms with Gasteiger partial charge in [0.05, 0.1) is 49.9 Å². The van der Waals surface area contributed by atoms with E-state index < -0.39 is 0 Å². The van der Waals surface area contributed by atoms with E-state index in [4.69, 9.17) is 14.2 Å². The molecular formula is C50H52FN15O3. The first-order chi connectivity index (χ1) is 33.9. The second-order valence-corrected chi connectivity index (χ2v) is 15.2. The van der Waals surface area contributed by atoms with Gasteiger partial charge in [-0.05, 0) is 81.3 Å². The van der Waals surface area contributed by atoms with E-state index in [2.05, 4.69) is 61.2 Å². The number of hydrogen-bond acceptors (Lipinski definition) is 15. The Morgan fingerprint density at radius 2 is 0.957 bits per heavy atom. The molecular weight excluding hydrogens is 878 g/mol. The lowest BCUT2D eigenvalue weighted by Crippen LogP contribution is -2.28. The molecule has 3 N–H and O–H groups in total. The third-order valence-electron chi connectivity index (χ3n) is 10.6. The predicted molar refractivity (Wildman–Crippen MR) is 263 cm³/mol. The molecule has 6 aromatic heterocycles. The molecule has 0 atom stereocenters. The van der Waals surface area contributed by atoms with E-state index in [0.29, 0.717) is 29.6 Å². The SMILES string of the molecule is CCNc1nccc(-c2cnn(-c3ccccc3F)c2)n1.CCNc1nccc(-c2cnn(-c3ccccc3OC)c2)n1.COc1ccccc1-n1cc(-c2ccnc(NC3CCOCC3)n2)cn1. The topological polar surface area (TPSA) is 195 Å². The summed E-state index contributed by atoms with van der Waals surface area (Å²) >= 11 is 0. The van der Waals surface area contributed by atoms with Gasteiger partial charge in [-0.1, -0.05) is 36.4 Å². The summed E-state index contributed by atoms with van der Waals surface area (Å²) in [5.74, 6) is 3.04. The van der Waals surface area contributed by atoms with Crippen molar-refractivity contribution in [1.82, 2.24) is 59.2 Å². The standard InChI is InChI=1S/C19H21N5O2.C16H17N5O.C15H14FN5/c1-25-18-5-3-2-4-17(18)24-13-14(12-21-24)16-6-9-20-19(23-16)22-15-7-10-26-11-8-15;1-3-17-16-18-9-8-13(20-16)12-10-19-21(11-12)14-6-4-5-7-15(14)22-2;1-2-17-15-18-8-7-13(20-15)11-9-19-21(10-11)14-6-4-3-5-12(14)16/h2-6,9,12-13,15H,7-8,10-11H2,1H3,(H,20,22,23);4-11H,3H2,1-2H3,(H,17,18,20);3-10H,2H2,1H3,(H,17,18,20). The summed E-state index contributed by atoms with van der Waals surface area (Å²) in [6.45, 7) is 7.08. The van der Waals surface area contributed by atoms with E-state index in [9.17, 15) is 4.39 Å². The highest BCUT2D eigenvalue weighted by Gasteiger charge is 2.16. The molecule has 352 valence electrons. The molecule has 1 fully saturated rings. The Hall–Kier alpha value is -8.58. The van der Waals surface area contributed by atoms with Crippen LogP contribution in [0.4, 0.5) is 22.2 Å². The van der Waals surface area contributed by atoms with Gasteiger partial charge in [0.25, 0.3) is 0 Å². The Bertz CT molecular complexity index is 3040. The minimum Gasteiger partial charge on any atom is -0.494 e. The van der Waals surface area contributed by atoms with Crippen LogP contribution in [-0.2, 0) is 4.74 Å². The van der Waals surface area contributed by atoms with Crippen molar-refractivity contribution in [2.75, 3.05) is 56.5 Å². The van der Waals surface area contributed by atoms with E-state index in [1.165, 1.54) is 10.7 Å². The van der Waals surface area contributed by atoms with Crippen LogP contribution in [-0.4, -0.2) is 106 Å². The predicted octanol–water partition coefficient (Wildman–Crippen LogP) is 8.60. The highest BCUT2D eigenvalue weighted by Crippen LogP contribution is 2.27. The first kappa shape index (κ1) is 46.9. The summed E-state index contributed by atoms with van der Waals surface area (Å²) in [6.07, 6.45) is 18.0. The maximum absolute atomic E-state index is 13.8. The zero-order chi connectivity index (χ0) is 47.8. The smallest absolute Gasteiger partial charge is 0.223 e. The van der Waals surface area contributed by atoms with Crippen molar-refractivity contribution in [3.8, 4) is 62.3 Å². The molecule has 7 heterocycles. The van der Waals surface area contributed by atoms with E-state index in [-0.39, 0.29) is 5.82 Å². The number of aromatic nitrogens is 12. The van der Waals surface area contributed by atoms with Crippen LogP contribution < -0.4 is 25.4 Å². The summed E-state index contributed by atoms with van der Waals surface area (Å²) in [5, 5.41) is 22.6. The van der Waals surface area contributed by atoms with Gasteiger partial charge >= 0.3 is 0 Å². The summed E-state index contributed by atoms with van der Waals surface area (Å²) in [6, 6.07) is 27.9. The molecule has 1 saturated heterocycles. The van der Waals surface area contributed by atoms with Gasteiger partial charge in [0, 0.05) is 86.2 Å². The van der Waals surface area contributed by atoms with Crippen molar-refractivity contribution in [2.24, 2.45) is 0 Å². The van der Waals surface area contributed by atoms with E-state index in [1.807, 2.05) is 86.9 Å². The third-order valence-corrected chi connectivity index (χ3v) is 10.6. The lowest BCUT2D eigenvalue weighted by atomic mass is 10.1. The number of methoxy groups -OCH3 is 2. The molecule has 1 aliphatic heterocycles. The minimum atomic E-state index is -0.317. The van der Waals surface area contributed by atoms with Crippen LogP contribution in [0.2, 0.25) is 0 Å². The Morgan fingerprint density at radius 3 is 1.41 bits per heavy atom. The minimum absolute atomic E-state index is 0.317. The Kier molecular flexibility index (Phi) is 15.8. The molecule has 3 aromatic carbocycles. The molecule has 19 heteroatoms. The van der Waals surface area contributed by atoms with Crippen molar-refractivity contribution in [3.05, 3.63) is 153 Å². The van der Waals surface area contributed by atoms with Gasteiger partial charge < -0.3 is 30.2 Å². The zero-order valence-corrected chi connectivity index (χ0v) is 38.6. The van der Waals surface area contributed by atoms with Crippen LogP contribution in [0.25, 0.3) is 50.8 Å². The van der Waals surface area contributed by atoms with E-state index in [0.717, 1.165) is 95.8 Å². The summed E-state index contributed by atoms with van der Waals surface area (Å²) in [5.41, 5.74) is 7.23. The maximum atomic E-state index is 13.8. The zero-order valence-electron chi connectivity index (χ0n) is 38.6. The van der Waals surface area contributed by atoms with Crippen LogP contribution in [0, 0.1) is 5.82 Å². The van der Waals surface area contributed by atoms with Gasteiger partial charge in [-0.15, -0.1) is 0 Å². The van der Waals surface area contributed by atoms with Crippen LogP contribution in [0.3, 0.4) is 0 Å². The quantitative estimate of drug-likeness (QED) is 0.0938. The number of benzene rings is 3. The Balaban J connectivity index is 0.000000141. The molecule has 10 rings (SSSR count). The lowest BCUT2D eigenvalue weighted by Gasteiger charge is -2.23. The molecule has 9 aromatic rings. The number of para-hydroxylation sites is 5. The summed E-state index contributed by atoms with van der Waals surface area (Å²) in [4.78, 5) is 26.2. The molecule has 1 aliphatic rings. The number of rotatable bonds is 14. The largest absolute Gasteiger partial charge is 0.494 e. The third kappa shape index (κ3) is 12.1. The van der Waals surface area contributed by atoms with Crippen LogP contribution in [0.15, 0.2) is 147 Å². The van der Waals surface area contributed by atoms with E-state index in [1.54, 1.807) is 91.2 Å². The maximum Gasteiger partial charge on any atom is 0.223 e. The van der Waals surface area contributed by atoms with Crippen molar-refractivity contribution in [2.45, 2.75) is 32.7 Å². The fourth-order valence-electron chi connectivity index (χ4n) is 7.18. The fraction of sp³-hybridized carbons (Fsp3) is 0.220. The second kappa shape index (κ2) is 23.2. The molecule has 0 aliphatic carbocycles. The van der Waals surface area contributed by atoms with Crippen molar-refractivity contribution < 1.29 is 18.6 Å². The fourth-order valence-corrected chi connectivity index (χ4v) is 7.18. The normalized spacial score (nSPS) is 12.2. The molecule has 0 spiro atoms. The molecule has 0 saturated carbocycles. The van der Waals surface area contributed by atoms with Gasteiger partial charge in [-0.2, -0.15) is 15.3 Å². The lowest BCUT2D eigenvalue weighted by molar-refractivity contribution is 0.0903. The molecule has 0 bridgehead atoms. The van der Waals surface area contributed by atoms with Gasteiger partial charge in [-0.3, -0.25) is 0 Å². The summed E-state index contributed by atoms with van der Waals surface area (Å²) in [7, 11) is 3.30. The van der Waals surface area contributed by atoms with Crippen LogP contribution in [0.1, 0.15) is 26.7 Å². The number of anilines is 3. The van der Waals surface area contributed by atoms with Crippen LogP contribution in [0.5, 0.6) is 11.5 Å². The number of hydrogen-bond donors (Lipinski definition) is 3. The van der Waals surface area contributed by atoms with Gasteiger partial charge in [0.2, 0.25) is 17.8 Å². The number of nitrogens with one attached hydrogen (secondary N) is 3. The average Bonchev–Trinajstić information content (AvgIpc) is 4.21. The van der Waals surface area contributed by atoms with E-state index >= 15 is 0 Å². The first-order valence-electron chi connectivity index (χ1n) is 22.4. The monoisotopic (exact) mass is 929 g/mol. The molecule has 69 heavy (non-hydrogen) atoms. The van der Waals surface area contributed by atoms with Gasteiger partial charge in [0.1, 0.15) is 34.4 Å². The highest BCUT2D eigenvalue weighted by atomic mass is 19.1. The number of nitrogens with zero attached hydrogens (tertiary/aromatic N) is 12. The molecule has 18 nitrogen and oxygen atoms in total. The van der Waals surface area contributed by atoms with Crippen LogP contribution >= 0.6 is 0 Å². The van der Waals surface area contributed by atoms with Crippen molar-refractivity contribution in [1.29, 1.82) is 0 Å². The first-order valence-corrected chi connectivity index (χ1v) is 22.4. The van der Waals surface area contributed by atoms with Crippen molar-refractivity contribution >= 4 is 17.8 Å². The second-order valence-electron chi connectivity index (χ2n) is 15.2. The molecule has 0 unspecified atom stereocenters. The Morgan fingerprint density at radius 1 is 0.551 bits per heavy atom. The van der Waals surface area contributed by atoms with Gasteiger partial charge in [-0.25, -0.2) is 48.3 Å². The Labute approximate surface area is 398 Å².